The molecule has 20 heavy (non-hydrogen) atoms. The molecule has 0 aliphatic heterocycles. The second-order valence-corrected chi connectivity index (χ2v) is 3.18. The quantitative estimate of drug-likeness (QED) is 0.253. The number of esters is 2. The summed E-state index contributed by atoms with van der Waals surface area (Å²) >= 11 is 0. The first-order valence-corrected chi connectivity index (χ1v) is 5.28. The Hall–Kier alpha value is -2.98. The summed E-state index contributed by atoms with van der Waals surface area (Å²) in [4.78, 5) is 32.1. The first kappa shape index (κ1) is 15.1. The van der Waals surface area contributed by atoms with Crippen LogP contribution in [0.2, 0.25) is 0 Å². The molecule has 0 saturated heterocycles. The molecule has 0 atom stereocenters. The van der Waals surface area contributed by atoms with Gasteiger partial charge in [0.15, 0.2) is 5.82 Å². The fraction of sp³-hybridized carbons (Fsp3) is 0.333. The Morgan fingerprint density at radius 2 is 2.30 bits per heavy atom. The number of H-pyrrole nitrogens is 1. The number of nitrogens with zero attached hydrogens (tertiary/aromatic N) is 3. The smallest absolute Gasteiger partial charge is 0.462 e. The van der Waals surface area contributed by atoms with E-state index in [2.05, 4.69) is 25.5 Å². The van der Waals surface area contributed by atoms with Crippen molar-refractivity contribution in [1.82, 2.24) is 10.2 Å². The number of nitrogens with one attached hydrogen (secondary N) is 2. The molecule has 1 rings (SSSR count). The summed E-state index contributed by atoms with van der Waals surface area (Å²) in [6.07, 6.45) is 1.15. The number of aromatic nitrogens is 2. The summed E-state index contributed by atoms with van der Waals surface area (Å²) in [5.41, 5.74) is 2.14. The molecule has 1 heterocycles. The molecule has 0 bridgehead atoms. The maximum atomic E-state index is 11.5. The molecule has 0 aromatic carbocycles. The van der Waals surface area contributed by atoms with E-state index in [1.165, 1.54) is 0 Å². The zero-order valence-electron chi connectivity index (χ0n) is 10.6. The Balaban J connectivity index is 2.93. The average Bonchev–Trinajstić information content (AvgIpc) is 2.87. The van der Waals surface area contributed by atoms with Gasteiger partial charge in [-0.05, 0) is 11.8 Å². The van der Waals surface area contributed by atoms with Crippen molar-refractivity contribution < 1.29 is 24.0 Å². The number of carbonyl (C=O) groups excluding carboxylic acids is 2. The zero-order chi connectivity index (χ0) is 15.1. The van der Waals surface area contributed by atoms with Gasteiger partial charge in [-0.15, -0.1) is 0 Å². The number of hydrogen-bond acceptors (Lipinski definition) is 9. The number of anilines is 1. The topological polar surface area (TPSA) is 149 Å². The van der Waals surface area contributed by atoms with Crippen molar-refractivity contribution in [3.63, 3.8) is 0 Å². The molecule has 0 unspecified atom stereocenters. The van der Waals surface area contributed by atoms with Crippen molar-refractivity contribution in [2.75, 3.05) is 19.1 Å². The van der Waals surface area contributed by atoms with Gasteiger partial charge in [0.25, 0.3) is 0 Å². The van der Waals surface area contributed by atoms with E-state index in [0.717, 1.165) is 13.3 Å². The molecule has 2 N–H and O–H groups in total. The van der Waals surface area contributed by atoms with Crippen LogP contribution in [0.1, 0.15) is 17.3 Å². The van der Waals surface area contributed by atoms with Crippen LogP contribution in [-0.4, -0.2) is 46.6 Å². The monoisotopic (exact) mass is 285 g/mol. The number of hydrazone groups is 1. The third kappa shape index (κ3) is 3.51. The molecule has 0 spiro atoms. The molecule has 1 aromatic heterocycles. The van der Waals surface area contributed by atoms with Gasteiger partial charge >= 0.3 is 17.8 Å². The Morgan fingerprint density at radius 3 is 2.85 bits per heavy atom. The standard InChI is InChI=1S/C9H11N5O6/c1-3-20-8(15)5-4-10-11-6(5)12-13-7(14(17)18)9(16)19-2/h4H,3H2,1-2H3,(H2,10,11,12)/b13-7-. The van der Waals surface area contributed by atoms with Crippen molar-refractivity contribution in [3.8, 4) is 0 Å². The van der Waals surface area contributed by atoms with Crippen LogP contribution in [0.4, 0.5) is 5.82 Å². The van der Waals surface area contributed by atoms with E-state index in [1.54, 1.807) is 6.92 Å². The van der Waals surface area contributed by atoms with Crippen molar-refractivity contribution in [1.29, 1.82) is 0 Å². The van der Waals surface area contributed by atoms with Gasteiger partial charge in [-0.2, -0.15) is 10.5 Å². The molecule has 0 aliphatic rings. The minimum Gasteiger partial charge on any atom is -0.462 e. The van der Waals surface area contributed by atoms with Gasteiger partial charge in [0.2, 0.25) is 0 Å². The van der Waals surface area contributed by atoms with Crippen LogP contribution in [0.5, 0.6) is 0 Å². The zero-order valence-corrected chi connectivity index (χ0v) is 10.6. The first-order valence-electron chi connectivity index (χ1n) is 5.28. The van der Waals surface area contributed by atoms with Crippen LogP contribution in [0, 0.1) is 10.1 Å². The highest BCUT2D eigenvalue weighted by Crippen LogP contribution is 2.12. The minimum absolute atomic E-state index is 0.0110. The molecule has 0 saturated carbocycles. The van der Waals surface area contributed by atoms with Crippen LogP contribution >= 0.6 is 0 Å². The van der Waals surface area contributed by atoms with Gasteiger partial charge in [-0.3, -0.25) is 5.10 Å². The Labute approximate surface area is 112 Å². The van der Waals surface area contributed by atoms with Crippen LogP contribution in [-0.2, 0) is 14.3 Å². The Bertz CT molecular complexity index is 551. The number of aromatic amines is 1. The summed E-state index contributed by atoms with van der Waals surface area (Å²) < 4.78 is 8.93. The highest BCUT2D eigenvalue weighted by Gasteiger charge is 2.26. The lowest BCUT2D eigenvalue weighted by molar-refractivity contribution is -0.350. The number of rotatable bonds is 4. The second-order valence-electron chi connectivity index (χ2n) is 3.18. The van der Waals surface area contributed by atoms with Crippen molar-refractivity contribution in [3.05, 3.63) is 21.9 Å². The van der Waals surface area contributed by atoms with Crippen LogP contribution in [0.15, 0.2) is 11.3 Å². The lowest BCUT2D eigenvalue weighted by Gasteiger charge is -2.00. The largest absolute Gasteiger partial charge is 0.473 e. The van der Waals surface area contributed by atoms with Gasteiger partial charge in [-0.1, -0.05) is 0 Å². The molecule has 11 nitrogen and oxygen atoms in total. The average molecular weight is 285 g/mol. The summed E-state index contributed by atoms with van der Waals surface area (Å²) in [7, 11) is 0.974. The molecule has 0 aliphatic carbocycles. The Morgan fingerprint density at radius 1 is 1.60 bits per heavy atom. The third-order valence-electron chi connectivity index (χ3n) is 1.95. The van der Waals surface area contributed by atoms with Crippen LogP contribution < -0.4 is 5.43 Å². The maximum Gasteiger partial charge on any atom is 0.473 e. The van der Waals surface area contributed by atoms with E-state index >= 15 is 0 Å². The van der Waals surface area contributed by atoms with Gasteiger partial charge in [0, 0.05) is 0 Å². The number of nitro groups is 1. The number of methoxy groups -OCH3 is 1. The van der Waals surface area contributed by atoms with Gasteiger partial charge in [0.05, 0.1) is 25.0 Å². The highest BCUT2D eigenvalue weighted by molar-refractivity contribution is 6.31. The fourth-order valence-corrected chi connectivity index (χ4v) is 1.10. The third-order valence-corrected chi connectivity index (χ3v) is 1.95. The van der Waals surface area contributed by atoms with Crippen LogP contribution in [0.25, 0.3) is 0 Å². The van der Waals surface area contributed by atoms with Crippen molar-refractivity contribution >= 4 is 23.6 Å². The number of ether oxygens (including phenoxy) is 2. The van der Waals surface area contributed by atoms with Gasteiger partial charge in [-0.25, -0.2) is 9.59 Å². The minimum atomic E-state index is -1.24. The molecule has 0 radical (unpaired) electrons. The predicted octanol–water partition coefficient (Wildman–Crippen LogP) is -0.238. The summed E-state index contributed by atoms with van der Waals surface area (Å²) in [5, 5.41) is 19.8. The maximum absolute atomic E-state index is 11.5. The van der Waals surface area contributed by atoms with E-state index in [0.29, 0.717) is 0 Å². The Kier molecular flexibility index (Phi) is 5.14. The molecular formula is C9H11N5O6. The van der Waals surface area contributed by atoms with Gasteiger partial charge in [0.1, 0.15) is 5.56 Å². The van der Waals surface area contributed by atoms with Crippen LogP contribution in [0.3, 0.4) is 0 Å². The van der Waals surface area contributed by atoms with E-state index < -0.39 is 22.7 Å². The molecule has 0 fully saturated rings. The lowest BCUT2D eigenvalue weighted by atomic mass is 10.3. The SMILES string of the molecule is CCOC(=O)c1cn[nH]c1N/N=C(/C(=O)OC)[N+](=O)[O-]. The van der Waals surface area contributed by atoms with Crippen molar-refractivity contribution in [2.24, 2.45) is 5.10 Å². The normalized spacial score (nSPS) is 10.8. The predicted molar refractivity (Wildman–Crippen MR) is 64.6 cm³/mol. The van der Waals surface area contributed by atoms with E-state index in [4.69, 9.17) is 4.74 Å². The molecule has 11 heteroatoms. The molecule has 0 amide bonds. The second kappa shape index (κ2) is 6.82. The molecule has 108 valence electrons. The van der Waals surface area contributed by atoms with E-state index in [9.17, 15) is 19.7 Å². The summed E-state index contributed by atoms with van der Waals surface area (Å²) in [6.45, 7) is 1.76. The number of carbonyl (C=O) groups is 2. The lowest BCUT2D eigenvalue weighted by Crippen LogP contribution is -2.25. The fourth-order valence-electron chi connectivity index (χ4n) is 1.10. The number of amidine groups is 1. The first-order chi connectivity index (χ1) is 9.51. The summed E-state index contributed by atoms with van der Waals surface area (Å²) in [6, 6.07) is 0. The van der Waals surface area contributed by atoms with Gasteiger partial charge < -0.3 is 19.6 Å². The number of hydrogen-bond donors (Lipinski definition) is 2. The summed E-state index contributed by atoms with van der Waals surface area (Å²) in [5.74, 6) is -3.05. The molecule has 1 aromatic rings. The van der Waals surface area contributed by atoms with E-state index in [-0.39, 0.29) is 18.0 Å². The van der Waals surface area contributed by atoms with E-state index in [1.807, 2.05) is 0 Å². The highest BCUT2D eigenvalue weighted by atomic mass is 16.6. The molecular weight excluding hydrogens is 274 g/mol. The van der Waals surface area contributed by atoms with Crippen molar-refractivity contribution in [2.45, 2.75) is 6.92 Å².